The molecular weight excluding hydrogens is 334 g/mol. The average molecular weight is 355 g/mol. The number of aromatic nitrogens is 1. The van der Waals surface area contributed by atoms with Crippen molar-refractivity contribution >= 4 is 12.2 Å². The maximum absolute atomic E-state index is 12.9. The molecule has 0 saturated carbocycles. The quantitative estimate of drug-likeness (QED) is 0.788. The Balaban J connectivity index is 1.74. The number of rotatable bonds is 5. The third-order valence-corrected chi connectivity index (χ3v) is 4.35. The van der Waals surface area contributed by atoms with Crippen molar-refractivity contribution in [3.63, 3.8) is 0 Å². The number of aryl methyl sites for hydroxylation is 1. The smallest absolute Gasteiger partial charge is 0.254 e. The minimum absolute atomic E-state index is 0.0721. The van der Waals surface area contributed by atoms with E-state index >= 15 is 0 Å². The molecule has 0 spiro atoms. The van der Waals surface area contributed by atoms with Gasteiger partial charge in [-0.25, -0.2) is 0 Å². The Morgan fingerprint density at radius 1 is 1.46 bits per heavy atom. The highest BCUT2D eigenvalue weighted by molar-refractivity contribution is 5.94. The molecule has 0 unspecified atom stereocenters. The fourth-order valence-corrected chi connectivity index (χ4v) is 2.98. The van der Waals surface area contributed by atoms with E-state index in [1.807, 2.05) is 6.92 Å². The van der Waals surface area contributed by atoms with E-state index in [0.717, 1.165) is 5.69 Å². The van der Waals surface area contributed by atoms with Gasteiger partial charge in [0.25, 0.3) is 5.91 Å². The van der Waals surface area contributed by atoms with Crippen LogP contribution in [0.2, 0.25) is 0 Å². The second kappa shape index (κ2) is 7.97. The summed E-state index contributed by atoms with van der Waals surface area (Å²) in [6, 6.07) is 7.95. The van der Waals surface area contributed by atoms with Crippen molar-refractivity contribution in [1.82, 2.24) is 15.2 Å². The summed E-state index contributed by atoms with van der Waals surface area (Å²) in [5.41, 5.74) is 1.49. The first-order valence-electron chi connectivity index (χ1n) is 8.44. The van der Waals surface area contributed by atoms with Gasteiger partial charge in [-0.15, -0.1) is 0 Å². The molecule has 1 fully saturated rings. The van der Waals surface area contributed by atoms with Crippen LogP contribution in [0.5, 0.6) is 11.5 Å². The van der Waals surface area contributed by atoms with Gasteiger partial charge in [-0.1, -0.05) is 6.07 Å². The number of carbonyl (C=O) groups is 2. The summed E-state index contributed by atoms with van der Waals surface area (Å²) in [4.78, 5) is 29.9. The molecule has 1 aliphatic rings. The van der Waals surface area contributed by atoms with Crippen LogP contribution in [0.3, 0.4) is 0 Å². The first-order chi connectivity index (χ1) is 12.6. The lowest BCUT2D eigenvalue weighted by Crippen LogP contribution is -2.55. The van der Waals surface area contributed by atoms with E-state index in [4.69, 9.17) is 4.74 Å². The molecule has 26 heavy (non-hydrogen) atoms. The molecule has 3 rings (SSSR count). The lowest BCUT2D eigenvalue weighted by molar-refractivity contribution is 0.0557. The third kappa shape index (κ3) is 3.83. The minimum Gasteiger partial charge on any atom is -0.507 e. The van der Waals surface area contributed by atoms with Gasteiger partial charge >= 0.3 is 0 Å². The summed E-state index contributed by atoms with van der Waals surface area (Å²) in [5, 5.41) is 13.0. The van der Waals surface area contributed by atoms with Crippen LogP contribution in [0, 0.1) is 6.92 Å². The first-order valence-corrected chi connectivity index (χ1v) is 8.44. The number of nitrogens with one attached hydrogen (secondary N) is 1. The van der Waals surface area contributed by atoms with Crippen LogP contribution in [0.1, 0.15) is 26.4 Å². The van der Waals surface area contributed by atoms with Gasteiger partial charge in [-0.3, -0.25) is 14.6 Å². The van der Waals surface area contributed by atoms with Gasteiger partial charge in [0.1, 0.15) is 18.1 Å². The molecule has 1 amide bonds. The van der Waals surface area contributed by atoms with E-state index in [2.05, 4.69) is 10.3 Å². The number of hydrogen-bond acceptors (Lipinski definition) is 6. The summed E-state index contributed by atoms with van der Waals surface area (Å²) in [7, 11) is 0. The van der Waals surface area contributed by atoms with Gasteiger partial charge in [-0.2, -0.15) is 0 Å². The molecule has 1 saturated heterocycles. The number of ether oxygens (including phenoxy) is 1. The summed E-state index contributed by atoms with van der Waals surface area (Å²) >= 11 is 0. The SMILES string of the molecule is Cc1cc(C(=O)N2CCNC[C@H]2COc2cccc(O)c2C=O)ccn1. The Labute approximate surface area is 151 Å². The fraction of sp³-hybridized carbons (Fsp3) is 0.316. The standard InChI is InChI=1S/C19H21N3O4/c1-13-9-14(5-6-21-13)19(25)22-8-7-20-10-15(22)12-26-18-4-2-3-17(24)16(18)11-23/h2-6,9,11,15,20,24H,7-8,10,12H2,1H3/t15-/m0/s1. The molecule has 7 nitrogen and oxygen atoms in total. The predicted molar refractivity (Wildman–Crippen MR) is 95.7 cm³/mol. The molecule has 1 aromatic carbocycles. The van der Waals surface area contributed by atoms with Gasteiger partial charge in [0.15, 0.2) is 6.29 Å². The second-order valence-corrected chi connectivity index (χ2v) is 6.16. The highest BCUT2D eigenvalue weighted by Gasteiger charge is 2.28. The van der Waals surface area contributed by atoms with Crippen LogP contribution >= 0.6 is 0 Å². The molecule has 0 bridgehead atoms. The lowest BCUT2D eigenvalue weighted by atomic mass is 10.1. The largest absolute Gasteiger partial charge is 0.507 e. The van der Waals surface area contributed by atoms with Crippen LogP contribution in [-0.4, -0.2) is 59.5 Å². The highest BCUT2D eigenvalue weighted by Crippen LogP contribution is 2.26. The van der Waals surface area contributed by atoms with E-state index in [9.17, 15) is 14.7 Å². The number of piperazine rings is 1. The Hall–Kier alpha value is -2.93. The van der Waals surface area contributed by atoms with E-state index in [0.29, 0.717) is 37.2 Å². The fourth-order valence-electron chi connectivity index (χ4n) is 2.98. The Morgan fingerprint density at radius 3 is 3.08 bits per heavy atom. The van der Waals surface area contributed by atoms with Crippen LogP contribution in [0.15, 0.2) is 36.5 Å². The molecule has 0 radical (unpaired) electrons. The van der Waals surface area contributed by atoms with E-state index in [1.54, 1.807) is 35.4 Å². The van der Waals surface area contributed by atoms with Crippen molar-refractivity contribution in [3.8, 4) is 11.5 Å². The Morgan fingerprint density at radius 2 is 2.31 bits per heavy atom. The Bertz CT molecular complexity index is 809. The molecule has 1 aliphatic heterocycles. The van der Waals surface area contributed by atoms with Crippen molar-refractivity contribution in [2.45, 2.75) is 13.0 Å². The van der Waals surface area contributed by atoms with Gasteiger partial charge < -0.3 is 20.1 Å². The number of benzene rings is 1. The van der Waals surface area contributed by atoms with Crippen molar-refractivity contribution in [3.05, 3.63) is 53.3 Å². The molecule has 1 aromatic heterocycles. The maximum Gasteiger partial charge on any atom is 0.254 e. The topological polar surface area (TPSA) is 91.8 Å². The average Bonchev–Trinajstić information content (AvgIpc) is 2.66. The number of hydrogen-bond donors (Lipinski definition) is 2. The normalized spacial score (nSPS) is 17.0. The maximum atomic E-state index is 12.9. The van der Waals surface area contributed by atoms with Crippen LogP contribution < -0.4 is 10.1 Å². The van der Waals surface area contributed by atoms with Crippen LogP contribution in [-0.2, 0) is 0 Å². The zero-order valence-electron chi connectivity index (χ0n) is 14.5. The number of aromatic hydroxyl groups is 1. The molecule has 2 N–H and O–H groups in total. The van der Waals surface area contributed by atoms with Crippen molar-refractivity contribution in [2.24, 2.45) is 0 Å². The number of phenolic OH excluding ortho intramolecular Hbond substituents is 1. The summed E-state index contributed by atoms with van der Waals surface area (Å²) in [6.07, 6.45) is 2.19. The zero-order valence-corrected chi connectivity index (χ0v) is 14.5. The molecular formula is C19H21N3O4. The first kappa shape index (κ1) is 17.9. The number of amides is 1. The van der Waals surface area contributed by atoms with Gasteiger partial charge in [-0.05, 0) is 31.2 Å². The number of pyridine rings is 1. The number of carbonyl (C=O) groups excluding carboxylic acids is 2. The van der Waals surface area contributed by atoms with Gasteiger partial charge in [0.05, 0.1) is 11.6 Å². The molecule has 1 atom stereocenters. The molecule has 7 heteroatoms. The lowest BCUT2D eigenvalue weighted by Gasteiger charge is -2.36. The summed E-state index contributed by atoms with van der Waals surface area (Å²) in [5.74, 6) is 0.106. The van der Waals surface area contributed by atoms with E-state index in [1.165, 1.54) is 6.07 Å². The zero-order chi connectivity index (χ0) is 18.5. The molecule has 0 aliphatic carbocycles. The second-order valence-electron chi connectivity index (χ2n) is 6.16. The molecule has 136 valence electrons. The number of aldehydes is 1. The monoisotopic (exact) mass is 355 g/mol. The highest BCUT2D eigenvalue weighted by atomic mass is 16.5. The predicted octanol–water partition coefficient (Wildman–Crippen LogP) is 1.40. The van der Waals surface area contributed by atoms with Crippen LogP contribution in [0.25, 0.3) is 0 Å². The molecule has 2 aromatic rings. The van der Waals surface area contributed by atoms with Crippen molar-refractivity contribution in [2.75, 3.05) is 26.2 Å². The van der Waals surface area contributed by atoms with Gasteiger partial charge in [0.2, 0.25) is 0 Å². The number of nitrogens with zero attached hydrogens (tertiary/aromatic N) is 2. The van der Waals surface area contributed by atoms with Gasteiger partial charge in [0, 0.05) is 37.1 Å². The van der Waals surface area contributed by atoms with Crippen LogP contribution in [0.4, 0.5) is 0 Å². The number of phenols is 1. The van der Waals surface area contributed by atoms with E-state index in [-0.39, 0.29) is 29.9 Å². The molecule has 2 heterocycles. The minimum atomic E-state index is -0.188. The van der Waals surface area contributed by atoms with E-state index < -0.39 is 0 Å². The summed E-state index contributed by atoms with van der Waals surface area (Å²) < 4.78 is 5.75. The summed E-state index contributed by atoms with van der Waals surface area (Å²) in [6.45, 7) is 3.92. The third-order valence-electron chi connectivity index (χ3n) is 4.35. The Kier molecular flexibility index (Phi) is 5.48. The van der Waals surface area contributed by atoms with Crippen molar-refractivity contribution in [1.29, 1.82) is 0 Å². The van der Waals surface area contributed by atoms with Crippen molar-refractivity contribution < 1.29 is 19.4 Å².